The lowest BCUT2D eigenvalue weighted by molar-refractivity contribution is -0.142. The second kappa shape index (κ2) is 18.6. The number of aromatic hydroxyl groups is 2. The van der Waals surface area contributed by atoms with Gasteiger partial charge in [0.1, 0.15) is 23.6 Å². The van der Waals surface area contributed by atoms with Gasteiger partial charge < -0.3 is 41.5 Å². The van der Waals surface area contributed by atoms with E-state index in [-0.39, 0.29) is 53.5 Å². The Morgan fingerprint density at radius 2 is 1.48 bits per heavy atom. The third-order valence-electron chi connectivity index (χ3n) is 9.54. The van der Waals surface area contributed by atoms with Gasteiger partial charge in [0.05, 0.1) is 13.1 Å². The van der Waals surface area contributed by atoms with Gasteiger partial charge in [-0.15, -0.1) is 0 Å². The average Bonchev–Trinajstić information content (AvgIpc) is 3.19. The first kappa shape index (κ1) is 40.5. The van der Waals surface area contributed by atoms with E-state index in [1.807, 2.05) is 12.1 Å². The zero-order valence-electron chi connectivity index (χ0n) is 31.1. The van der Waals surface area contributed by atoms with E-state index in [4.69, 9.17) is 0 Å². The van der Waals surface area contributed by atoms with Crippen molar-refractivity contribution in [1.29, 1.82) is 0 Å². The van der Waals surface area contributed by atoms with Crippen molar-refractivity contribution in [2.75, 3.05) is 26.7 Å². The smallest absolute Gasteiger partial charge is 0.326 e. The highest BCUT2D eigenvalue weighted by Crippen LogP contribution is 2.38. The molecular weight excluding hydrogens is 718 g/mol. The number of rotatable bonds is 12. The highest BCUT2D eigenvalue weighted by Gasteiger charge is 2.31. The summed E-state index contributed by atoms with van der Waals surface area (Å²) in [6.07, 6.45) is 3.02. The summed E-state index contributed by atoms with van der Waals surface area (Å²) in [6.45, 7) is 1.04. The van der Waals surface area contributed by atoms with Crippen LogP contribution in [-0.4, -0.2) is 88.4 Å². The van der Waals surface area contributed by atoms with Crippen LogP contribution in [0, 0.1) is 0 Å². The Labute approximate surface area is 323 Å². The third-order valence-corrected chi connectivity index (χ3v) is 9.54. The monoisotopic (exact) mass is 763 g/mol. The van der Waals surface area contributed by atoms with Crippen molar-refractivity contribution in [2.24, 2.45) is 0 Å². The van der Waals surface area contributed by atoms with E-state index in [1.54, 1.807) is 12.1 Å². The standard InChI is InChI=1S/C42H45N5O9/c1-3-4-5-25-6-9-27(10-7-25)28-11-13-29(14-12-28)40(53)43-19-18-36(50)44-24-38(52)47(2)39-30-15-17-35(49)32(22-30)31-20-26(8-16-34(31)48)21-33(42(55)56)46-37(51)23-45-41(39)54/h6-17,20,22,33,39,48-49H,3-5,18-19,21,23-24H2,1-2H3,(H,43,53)(H,44,50)(H,45,54)(H,46,51)(H,55,56)/t33-,39?/m0/s1. The topological polar surface area (TPSA) is 214 Å². The Balaban J connectivity index is 1.21. The van der Waals surface area contributed by atoms with Crippen LogP contribution in [0.5, 0.6) is 11.5 Å². The number of aryl methyl sites for hydroxylation is 1. The molecule has 1 aliphatic heterocycles. The van der Waals surface area contributed by atoms with Crippen LogP contribution in [0.2, 0.25) is 0 Å². The van der Waals surface area contributed by atoms with Crippen molar-refractivity contribution in [2.45, 2.75) is 51.1 Å². The number of phenols is 2. The van der Waals surface area contributed by atoms with Gasteiger partial charge in [-0.25, -0.2) is 4.79 Å². The number of hydrogen-bond donors (Lipinski definition) is 7. The van der Waals surface area contributed by atoms with E-state index in [2.05, 4.69) is 52.5 Å². The van der Waals surface area contributed by atoms with Gasteiger partial charge in [-0.05, 0) is 77.1 Å². The van der Waals surface area contributed by atoms with Crippen molar-refractivity contribution < 1.29 is 44.1 Å². The zero-order valence-corrected chi connectivity index (χ0v) is 31.1. The largest absolute Gasteiger partial charge is 0.507 e. The van der Waals surface area contributed by atoms with Gasteiger partial charge in [-0.3, -0.25) is 24.0 Å². The van der Waals surface area contributed by atoms with E-state index in [9.17, 15) is 44.1 Å². The molecule has 4 aromatic carbocycles. The minimum Gasteiger partial charge on any atom is -0.507 e. The molecule has 5 amide bonds. The van der Waals surface area contributed by atoms with Gasteiger partial charge in [-0.2, -0.15) is 0 Å². The lowest BCUT2D eigenvalue weighted by atomic mass is 9.94. The second-order valence-corrected chi connectivity index (χ2v) is 13.6. The van der Waals surface area contributed by atoms with Crippen molar-refractivity contribution in [1.82, 2.24) is 26.2 Å². The highest BCUT2D eigenvalue weighted by molar-refractivity contribution is 5.96. The van der Waals surface area contributed by atoms with Crippen LogP contribution in [0.25, 0.3) is 22.3 Å². The predicted molar refractivity (Wildman–Crippen MR) is 207 cm³/mol. The van der Waals surface area contributed by atoms with E-state index >= 15 is 0 Å². The molecule has 4 bridgehead atoms. The molecule has 14 heteroatoms. The van der Waals surface area contributed by atoms with E-state index in [0.29, 0.717) is 11.1 Å². The number of unbranched alkanes of at least 4 members (excludes halogenated alkanes) is 1. The van der Waals surface area contributed by atoms with Crippen LogP contribution in [0.3, 0.4) is 0 Å². The molecule has 4 aromatic rings. The molecule has 14 nitrogen and oxygen atoms in total. The van der Waals surface area contributed by atoms with E-state index in [0.717, 1.165) is 35.3 Å². The molecule has 1 heterocycles. The molecule has 56 heavy (non-hydrogen) atoms. The fourth-order valence-corrected chi connectivity index (χ4v) is 6.34. The number of aliphatic carboxylic acids is 1. The molecule has 0 aliphatic carbocycles. The average molecular weight is 764 g/mol. The summed E-state index contributed by atoms with van der Waals surface area (Å²) >= 11 is 0. The van der Waals surface area contributed by atoms with Crippen LogP contribution in [0.4, 0.5) is 0 Å². The Morgan fingerprint density at radius 3 is 2.14 bits per heavy atom. The van der Waals surface area contributed by atoms with E-state index in [1.165, 1.54) is 49.0 Å². The lowest BCUT2D eigenvalue weighted by Crippen LogP contribution is -2.49. The van der Waals surface area contributed by atoms with Gasteiger partial charge >= 0.3 is 5.97 Å². The summed E-state index contributed by atoms with van der Waals surface area (Å²) in [5.41, 5.74) is 4.59. The van der Waals surface area contributed by atoms with Crippen molar-refractivity contribution in [3.05, 3.63) is 107 Å². The van der Waals surface area contributed by atoms with Gasteiger partial charge in [-0.1, -0.05) is 61.9 Å². The van der Waals surface area contributed by atoms with Crippen molar-refractivity contribution in [3.63, 3.8) is 0 Å². The molecule has 2 atom stereocenters. The van der Waals surface area contributed by atoms with Crippen LogP contribution in [0.1, 0.15) is 59.3 Å². The molecule has 7 N–H and O–H groups in total. The molecule has 0 aromatic heterocycles. The fourth-order valence-electron chi connectivity index (χ4n) is 6.34. The van der Waals surface area contributed by atoms with Crippen LogP contribution >= 0.6 is 0 Å². The number of hydrogen-bond acceptors (Lipinski definition) is 8. The van der Waals surface area contributed by atoms with Crippen LogP contribution in [-0.2, 0) is 36.8 Å². The summed E-state index contributed by atoms with van der Waals surface area (Å²) < 4.78 is 0. The molecule has 0 fully saturated rings. The molecule has 5 rings (SSSR count). The number of likely N-dealkylation sites (N-methyl/N-ethyl adjacent to an activating group) is 1. The first-order chi connectivity index (χ1) is 26.8. The van der Waals surface area contributed by atoms with Gasteiger partial charge in [0.15, 0.2) is 0 Å². The molecule has 1 unspecified atom stereocenters. The number of nitrogens with one attached hydrogen (secondary N) is 4. The predicted octanol–water partition coefficient (Wildman–Crippen LogP) is 3.45. The molecule has 0 saturated carbocycles. The Hall–Kier alpha value is -6.70. The summed E-state index contributed by atoms with van der Waals surface area (Å²) in [6, 6.07) is 21.1. The molecular formula is C42H45N5O9. The molecule has 0 radical (unpaired) electrons. The Bertz CT molecular complexity index is 2100. The summed E-state index contributed by atoms with van der Waals surface area (Å²) in [5, 5.41) is 41.2. The number of carboxylic acids is 1. The summed E-state index contributed by atoms with van der Waals surface area (Å²) in [7, 11) is 1.32. The quantitative estimate of drug-likeness (QED) is 0.112. The molecule has 292 valence electrons. The maximum Gasteiger partial charge on any atom is 0.326 e. The molecule has 0 spiro atoms. The van der Waals surface area contributed by atoms with Crippen LogP contribution in [0.15, 0.2) is 84.9 Å². The number of fused-ring (bicyclic) bond motifs is 5. The second-order valence-electron chi connectivity index (χ2n) is 13.6. The maximum atomic E-state index is 13.6. The minimum atomic E-state index is -1.38. The maximum absolute atomic E-state index is 13.6. The fraction of sp³-hybridized carbons (Fsp3) is 0.286. The molecule has 1 aliphatic rings. The number of benzene rings is 4. The lowest BCUT2D eigenvalue weighted by Gasteiger charge is -2.28. The van der Waals surface area contributed by atoms with E-state index < -0.39 is 54.8 Å². The van der Waals surface area contributed by atoms with Crippen molar-refractivity contribution >= 4 is 35.5 Å². The SMILES string of the molecule is CCCCc1ccc(-c2ccc(C(=O)NCCC(=O)NCC(=O)N(C)C3C(=O)NCC(=O)N[C@H](C(=O)O)Cc4ccc(O)c(c4)-c4cc3ccc4O)cc2)cc1. The van der Waals surface area contributed by atoms with Crippen molar-refractivity contribution in [3.8, 4) is 33.8 Å². The van der Waals surface area contributed by atoms with Crippen LogP contribution < -0.4 is 21.3 Å². The number of amides is 5. The van der Waals surface area contributed by atoms with Gasteiger partial charge in [0.25, 0.3) is 5.91 Å². The minimum absolute atomic E-state index is 0.00414. The third kappa shape index (κ3) is 10.3. The summed E-state index contributed by atoms with van der Waals surface area (Å²) in [5.74, 6) is -5.02. The molecule has 0 saturated heterocycles. The Kier molecular flexibility index (Phi) is 13.4. The highest BCUT2D eigenvalue weighted by atomic mass is 16.4. The first-order valence-corrected chi connectivity index (χ1v) is 18.3. The number of phenolic OH excluding ortho intramolecular Hbond substituents is 2. The summed E-state index contributed by atoms with van der Waals surface area (Å²) in [4.78, 5) is 78.1. The van der Waals surface area contributed by atoms with Gasteiger partial charge in [0, 0.05) is 43.1 Å². The van der Waals surface area contributed by atoms with Gasteiger partial charge in [0.2, 0.25) is 23.6 Å². The Morgan fingerprint density at radius 1 is 0.839 bits per heavy atom. The number of carboxylic acid groups (broad SMARTS) is 1. The zero-order chi connectivity index (χ0) is 40.4. The number of nitrogens with zero attached hydrogens (tertiary/aromatic N) is 1. The first-order valence-electron chi connectivity index (χ1n) is 18.3. The normalized spacial score (nSPS) is 15.4. The number of carbonyl (C=O) groups excluding carboxylic acids is 5. The number of carbonyl (C=O) groups is 6.